The van der Waals surface area contributed by atoms with Gasteiger partial charge in [-0.25, -0.2) is 8.42 Å². The molecule has 0 aliphatic carbocycles. The van der Waals surface area contributed by atoms with Gasteiger partial charge in [0.2, 0.25) is 11.8 Å². The van der Waals surface area contributed by atoms with Crippen LogP contribution in [0.3, 0.4) is 0 Å². The number of anilines is 1. The van der Waals surface area contributed by atoms with Crippen LogP contribution in [0.4, 0.5) is 5.69 Å². The van der Waals surface area contributed by atoms with E-state index in [4.69, 9.17) is 16.3 Å². The molecule has 1 N–H and O–H groups in total. The summed E-state index contributed by atoms with van der Waals surface area (Å²) < 4.78 is 34.3. The van der Waals surface area contributed by atoms with Gasteiger partial charge in [-0.3, -0.25) is 13.9 Å². The second-order valence-electron chi connectivity index (χ2n) is 9.86. The first-order chi connectivity index (χ1) is 19.5. The molecule has 0 aliphatic rings. The van der Waals surface area contributed by atoms with E-state index in [2.05, 4.69) is 5.32 Å². The van der Waals surface area contributed by atoms with Gasteiger partial charge in [0, 0.05) is 17.6 Å². The van der Waals surface area contributed by atoms with Gasteiger partial charge in [-0.1, -0.05) is 55.8 Å². The second-order valence-corrected chi connectivity index (χ2v) is 12.2. The smallest absolute Gasteiger partial charge is 0.264 e. The highest BCUT2D eigenvalue weighted by Gasteiger charge is 2.34. The van der Waals surface area contributed by atoms with Crippen molar-refractivity contribution in [2.24, 2.45) is 0 Å². The van der Waals surface area contributed by atoms with Gasteiger partial charge < -0.3 is 15.0 Å². The molecule has 0 fully saturated rings. The molecule has 0 spiro atoms. The van der Waals surface area contributed by atoms with Crippen LogP contribution in [-0.4, -0.2) is 50.9 Å². The zero-order valence-electron chi connectivity index (χ0n) is 24.1. The van der Waals surface area contributed by atoms with Crippen molar-refractivity contribution in [2.75, 3.05) is 18.0 Å². The highest BCUT2D eigenvalue weighted by atomic mass is 35.5. The number of nitrogens with zero attached hydrogens (tertiary/aromatic N) is 2. The Bertz CT molecular complexity index is 1430. The molecular formula is C31H38ClN3O5S. The SMILES string of the molecule is CC[C@@H](C)NC(=O)[C@@H](CC)N(Cc1ccc(OC)cc1)C(=O)CN(c1ccccc1C)S(=O)(=O)c1ccc(Cl)cc1. The van der Waals surface area contributed by atoms with Crippen molar-refractivity contribution in [3.8, 4) is 5.75 Å². The quantitative estimate of drug-likeness (QED) is 0.277. The Labute approximate surface area is 248 Å². The molecule has 41 heavy (non-hydrogen) atoms. The molecule has 0 aliphatic heterocycles. The molecule has 10 heteroatoms. The highest BCUT2D eigenvalue weighted by Crippen LogP contribution is 2.28. The number of aryl methyl sites for hydroxylation is 1. The van der Waals surface area contributed by atoms with Gasteiger partial charge in [-0.2, -0.15) is 0 Å². The number of halogens is 1. The molecule has 0 aromatic heterocycles. The van der Waals surface area contributed by atoms with E-state index in [9.17, 15) is 18.0 Å². The zero-order chi connectivity index (χ0) is 30.2. The van der Waals surface area contributed by atoms with Crippen LogP contribution in [0, 0.1) is 6.92 Å². The van der Waals surface area contributed by atoms with Crippen LogP contribution in [0.5, 0.6) is 5.75 Å². The maximum absolute atomic E-state index is 14.2. The third-order valence-corrected chi connectivity index (χ3v) is 8.99. The van der Waals surface area contributed by atoms with Crippen LogP contribution >= 0.6 is 11.6 Å². The fourth-order valence-corrected chi connectivity index (χ4v) is 5.98. The molecule has 0 heterocycles. The number of carbonyl (C=O) groups excluding carboxylic acids is 2. The minimum absolute atomic E-state index is 0.00112. The van der Waals surface area contributed by atoms with E-state index < -0.39 is 28.5 Å². The number of hydrogen-bond acceptors (Lipinski definition) is 5. The lowest BCUT2D eigenvalue weighted by atomic mass is 10.1. The Morgan fingerprint density at radius 3 is 2.15 bits per heavy atom. The summed E-state index contributed by atoms with van der Waals surface area (Å²) in [6.45, 7) is 7.09. The van der Waals surface area contributed by atoms with Crippen molar-refractivity contribution < 1.29 is 22.7 Å². The molecule has 0 radical (unpaired) electrons. The number of nitrogens with one attached hydrogen (secondary N) is 1. The Morgan fingerprint density at radius 2 is 1.59 bits per heavy atom. The van der Waals surface area contributed by atoms with Crippen LogP contribution in [-0.2, 0) is 26.2 Å². The number of benzene rings is 3. The van der Waals surface area contributed by atoms with Crippen LogP contribution in [0.1, 0.15) is 44.7 Å². The number of methoxy groups -OCH3 is 1. The number of ether oxygens (including phenoxy) is 1. The Balaban J connectivity index is 2.06. The molecule has 3 rings (SSSR count). The van der Waals surface area contributed by atoms with Gasteiger partial charge >= 0.3 is 0 Å². The topological polar surface area (TPSA) is 96.0 Å². The summed E-state index contributed by atoms with van der Waals surface area (Å²) in [5.41, 5.74) is 1.83. The van der Waals surface area contributed by atoms with Crippen molar-refractivity contribution in [2.45, 2.75) is 64.1 Å². The largest absolute Gasteiger partial charge is 0.497 e. The van der Waals surface area contributed by atoms with E-state index in [1.54, 1.807) is 50.4 Å². The lowest BCUT2D eigenvalue weighted by Crippen LogP contribution is -2.53. The summed E-state index contributed by atoms with van der Waals surface area (Å²) in [7, 11) is -2.60. The molecule has 220 valence electrons. The van der Waals surface area contributed by atoms with E-state index in [0.29, 0.717) is 28.4 Å². The van der Waals surface area contributed by atoms with E-state index in [0.717, 1.165) is 16.3 Å². The molecular weight excluding hydrogens is 562 g/mol. The van der Waals surface area contributed by atoms with E-state index in [1.165, 1.54) is 29.2 Å². The summed E-state index contributed by atoms with van der Waals surface area (Å²) in [5, 5.41) is 3.37. The first kappa shape index (κ1) is 32.0. The number of para-hydroxylation sites is 1. The van der Waals surface area contributed by atoms with Gasteiger partial charge in [-0.05, 0) is 80.3 Å². The predicted molar refractivity (Wildman–Crippen MR) is 163 cm³/mol. The second kappa shape index (κ2) is 14.4. The average Bonchev–Trinajstić information content (AvgIpc) is 2.96. The summed E-state index contributed by atoms with van der Waals surface area (Å²) in [4.78, 5) is 29.0. The Morgan fingerprint density at radius 1 is 0.951 bits per heavy atom. The first-order valence-electron chi connectivity index (χ1n) is 13.6. The van der Waals surface area contributed by atoms with Crippen LogP contribution < -0.4 is 14.4 Å². The third-order valence-electron chi connectivity index (χ3n) is 6.96. The molecule has 0 saturated heterocycles. The summed E-state index contributed by atoms with van der Waals surface area (Å²) >= 11 is 6.02. The number of sulfonamides is 1. The van der Waals surface area contributed by atoms with Crippen molar-refractivity contribution in [3.63, 3.8) is 0 Å². The molecule has 3 aromatic carbocycles. The fraction of sp³-hybridized carbons (Fsp3) is 0.355. The van der Waals surface area contributed by atoms with Crippen LogP contribution in [0.2, 0.25) is 5.02 Å². The molecule has 3 aromatic rings. The lowest BCUT2D eigenvalue weighted by molar-refractivity contribution is -0.140. The number of carbonyl (C=O) groups is 2. The summed E-state index contributed by atoms with van der Waals surface area (Å²) in [6.07, 6.45) is 1.08. The first-order valence-corrected chi connectivity index (χ1v) is 15.4. The lowest BCUT2D eigenvalue weighted by Gasteiger charge is -2.34. The molecule has 8 nitrogen and oxygen atoms in total. The Kier molecular flexibility index (Phi) is 11.2. The average molecular weight is 600 g/mol. The summed E-state index contributed by atoms with van der Waals surface area (Å²) in [5.74, 6) is -0.132. The fourth-order valence-electron chi connectivity index (χ4n) is 4.38. The molecule has 0 saturated carbocycles. The minimum Gasteiger partial charge on any atom is -0.497 e. The van der Waals surface area contributed by atoms with Crippen LogP contribution in [0.15, 0.2) is 77.7 Å². The number of hydrogen-bond donors (Lipinski definition) is 1. The van der Waals surface area contributed by atoms with Crippen molar-refractivity contribution in [3.05, 3.63) is 88.9 Å². The molecule has 2 atom stereocenters. The van der Waals surface area contributed by atoms with Crippen molar-refractivity contribution >= 4 is 39.1 Å². The predicted octanol–water partition coefficient (Wildman–Crippen LogP) is 5.57. The molecule has 2 amide bonds. The van der Waals surface area contributed by atoms with Gasteiger partial charge in [0.15, 0.2) is 0 Å². The zero-order valence-corrected chi connectivity index (χ0v) is 25.7. The molecule has 0 unspecified atom stereocenters. The van der Waals surface area contributed by atoms with Crippen LogP contribution in [0.25, 0.3) is 0 Å². The van der Waals surface area contributed by atoms with Gasteiger partial charge in [0.05, 0.1) is 17.7 Å². The van der Waals surface area contributed by atoms with E-state index >= 15 is 0 Å². The maximum Gasteiger partial charge on any atom is 0.264 e. The highest BCUT2D eigenvalue weighted by molar-refractivity contribution is 7.92. The number of amides is 2. The van der Waals surface area contributed by atoms with Gasteiger partial charge in [0.25, 0.3) is 10.0 Å². The maximum atomic E-state index is 14.2. The normalized spacial score (nSPS) is 12.7. The van der Waals surface area contributed by atoms with Crippen molar-refractivity contribution in [1.29, 1.82) is 0 Å². The van der Waals surface area contributed by atoms with Gasteiger partial charge in [-0.15, -0.1) is 0 Å². The van der Waals surface area contributed by atoms with E-state index in [1.807, 2.05) is 32.9 Å². The van der Waals surface area contributed by atoms with E-state index in [-0.39, 0.29) is 23.4 Å². The Hall–Kier alpha value is -3.56. The monoisotopic (exact) mass is 599 g/mol. The summed E-state index contributed by atoms with van der Waals surface area (Å²) in [6, 6.07) is 19.1. The van der Waals surface area contributed by atoms with Crippen molar-refractivity contribution in [1.82, 2.24) is 10.2 Å². The molecule has 0 bridgehead atoms. The van der Waals surface area contributed by atoms with Gasteiger partial charge in [0.1, 0.15) is 18.3 Å². The minimum atomic E-state index is -4.17. The number of rotatable bonds is 13. The standard InChI is InChI=1S/C31H38ClN3O5S/c1-6-23(4)33-31(37)28(7-2)34(20-24-12-16-26(40-5)17-13-24)30(36)21-35(29-11-9-8-10-22(29)3)41(38,39)27-18-14-25(32)15-19-27/h8-19,23,28H,6-7,20-21H2,1-5H3,(H,33,37)/t23-,28-/m1/s1. The third kappa shape index (κ3) is 8.01.